The molecule has 37 heavy (non-hydrogen) atoms. The SMILES string of the molecule is COOCC1NC(=O)CNC(=O)CNC(=O)C([NH-])c2c([nH]c3ccccc23)-c2[nH]c3ccccc3c21.[Ac]. The van der Waals surface area contributed by atoms with E-state index in [2.05, 4.69) is 25.9 Å². The van der Waals surface area contributed by atoms with Gasteiger partial charge in [-0.1, -0.05) is 36.4 Å². The number of amides is 3. The van der Waals surface area contributed by atoms with Crippen LogP contribution in [0.3, 0.4) is 0 Å². The molecule has 189 valence electrons. The van der Waals surface area contributed by atoms with Crippen molar-refractivity contribution in [1.82, 2.24) is 25.9 Å². The molecule has 0 aliphatic carbocycles. The van der Waals surface area contributed by atoms with E-state index in [1.165, 1.54) is 7.11 Å². The molecule has 2 aromatic carbocycles. The molecule has 11 nitrogen and oxygen atoms in total. The van der Waals surface area contributed by atoms with Crippen LogP contribution in [0.2, 0.25) is 0 Å². The van der Waals surface area contributed by atoms with Gasteiger partial charge >= 0.3 is 0 Å². The monoisotopic (exact) mass is 716 g/mol. The Balaban J connectivity index is 0.00000320. The van der Waals surface area contributed by atoms with Crippen molar-refractivity contribution in [2.75, 3.05) is 26.8 Å². The molecular formula is C25H25AcN6O5-. The van der Waals surface area contributed by atoms with Gasteiger partial charge in [0, 0.05) is 71.4 Å². The van der Waals surface area contributed by atoms with Crippen molar-refractivity contribution in [2.45, 2.75) is 12.1 Å². The fraction of sp³-hybridized carbons (Fsp3) is 0.240. The number of para-hydroxylation sites is 2. The van der Waals surface area contributed by atoms with E-state index in [1.54, 1.807) is 0 Å². The zero-order valence-electron chi connectivity index (χ0n) is 20.0. The molecule has 1 aliphatic rings. The van der Waals surface area contributed by atoms with Crippen molar-refractivity contribution in [2.24, 2.45) is 0 Å². The third-order valence-corrected chi connectivity index (χ3v) is 6.20. The number of benzene rings is 2. The number of carbonyl (C=O) groups excluding carboxylic acids is 3. The largest absolute Gasteiger partial charge is 0.663 e. The average molecular weight is 717 g/mol. The Morgan fingerprint density at radius 3 is 2.05 bits per heavy atom. The number of H-pyrrole nitrogens is 2. The van der Waals surface area contributed by atoms with Crippen molar-refractivity contribution in [3.63, 3.8) is 0 Å². The van der Waals surface area contributed by atoms with Crippen LogP contribution in [0.25, 0.3) is 38.9 Å². The summed E-state index contributed by atoms with van der Waals surface area (Å²) in [6.45, 7) is -0.670. The van der Waals surface area contributed by atoms with Gasteiger partial charge in [-0.15, -0.1) is 0 Å². The van der Waals surface area contributed by atoms with E-state index in [1.807, 2.05) is 48.5 Å². The molecule has 0 saturated carbocycles. The smallest absolute Gasteiger partial charge is 0.239 e. The van der Waals surface area contributed by atoms with Crippen LogP contribution in [0.15, 0.2) is 48.5 Å². The molecule has 2 aromatic heterocycles. The van der Waals surface area contributed by atoms with Crippen LogP contribution in [-0.2, 0) is 24.2 Å². The first-order valence-corrected chi connectivity index (χ1v) is 11.4. The van der Waals surface area contributed by atoms with Gasteiger partial charge in [-0.05, 0) is 23.7 Å². The van der Waals surface area contributed by atoms with Crippen molar-refractivity contribution < 1.29 is 68.2 Å². The number of nitrogens with one attached hydrogen (secondary N) is 6. The molecule has 0 spiro atoms. The van der Waals surface area contributed by atoms with Crippen molar-refractivity contribution in [3.05, 3.63) is 65.4 Å². The van der Waals surface area contributed by atoms with Crippen LogP contribution >= 0.6 is 0 Å². The van der Waals surface area contributed by atoms with Gasteiger partial charge in [-0.3, -0.25) is 14.4 Å². The summed E-state index contributed by atoms with van der Waals surface area (Å²) < 4.78 is 0. The molecule has 6 N–H and O–H groups in total. The maximum Gasteiger partial charge on any atom is 0.239 e. The summed E-state index contributed by atoms with van der Waals surface area (Å²) in [6.07, 6.45) is 0. The first-order valence-electron chi connectivity index (χ1n) is 11.4. The summed E-state index contributed by atoms with van der Waals surface area (Å²) in [5, 5.41) is 9.43. The topological polar surface area (TPSA) is 161 Å². The van der Waals surface area contributed by atoms with Crippen LogP contribution in [0.5, 0.6) is 0 Å². The van der Waals surface area contributed by atoms with Crippen molar-refractivity contribution >= 4 is 39.5 Å². The minimum Gasteiger partial charge on any atom is -0.663 e. The number of fused-ring (bicyclic) bond motifs is 7. The van der Waals surface area contributed by atoms with E-state index in [-0.39, 0.29) is 63.8 Å². The number of aromatic nitrogens is 2. The number of hydrogen-bond donors (Lipinski definition) is 5. The zero-order valence-corrected chi connectivity index (χ0v) is 24.8. The maximum atomic E-state index is 13.0. The molecule has 0 saturated heterocycles. The van der Waals surface area contributed by atoms with Gasteiger partial charge in [0.05, 0.1) is 37.6 Å². The van der Waals surface area contributed by atoms with Gasteiger partial charge in [-0.25, -0.2) is 9.78 Å². The molecule has 3 heterocycles. The molecule has 12 heteroatoms. The van der Waals surface area contributed by atoms with Crippen LogP contribution < -0.4 is 16.0 Å². The number of hydrogen-bond acceptors (Lipinski definition) is 5. The van der Waals surface area contributed by atoms with E-state index in [9.17, 15) is 14.4 Å². The Morgan fingerprint density at radius 2 is 1.41 bits per heavy atom. The van der Waals surface area contributed by atoms with Gasteiger partial charge in [0.15, 0.2) is 0 Å². The molecule has 3 amide bonds. The summed E-state index contributed by atoms with van der Waals surface area (Å²) >= 11 is 0. The van der Waals surface area contributed by atoms with Crippen molar-refractivity contribution in [1.29, 1.82) is 0 Å². The van der Waals surface area contributed by atoms with E-state index in [0.717, 1.165) is 16.4 Å². The van der Waals surface area contributed by atoms with E-state index in [0.29, 0.717) is 27.9 Å². The van der Waals surface area contributed by atoms with E-state index in [4.69, 9.17) is 15.5 Å². The number of carbonyl (C=O) groups is 3. The van der Waals surface area contributed by atoms with Gasteiger partial charge in [0.25, 0.3) is 0 Å². The summed E-state index contributed by atoms with van der Waals surface area (Å²) in [6, 6.07) is 13.0. The predicted molar refractivity (Wildman–Crippen MR) is 133 cm³/mol. The van der Waals surface area contributed by atoms with Crippen LogP contribution in [0.1, 0.15) is 23.2 Å². The molecule has 2 atom stereocenters. The predicted octanol–water partition coefficient (Wildman–Crippen LogP) is 2.39. The fourth-order valence-electron chi connectivity index (χ4n) is 4.60. The van der Waals surface area contributed by atoms with Gasteiger partial charge < -0.3 is 31.7 Å². The number of aromatic amines is 2. The molecule has 2 unspecified atom stereocenters. The molecular weight excluding hydrogens is 691 g/mol. The first kappa shape index (κ1) is 27.3. The number of rotatable bonds is 3. The van der Waals surface area contributed by atoms with Gasteiger partial charge in [0.2, 0.25) is 17.7 Å². The summed E-state index contributed by atoms with van der Waals surface area (Å²) in [4.78, 5) is 54.8. The van der Waals surface area contributed by atoms with E-state index < -0.39 is 29.8 Å². The molecule has 1 aliphatic heterocycles. The van der Waals surface area contributed by atoms with Gasteiger partial charge in [0.1, 0.15) is 6.61 Å². The minimum absolute atomic E-state index is 0. The van der Waals surface area contributed by atoms with Crippen molar-refractivity contribution in [3.8, 4) is 11.4 Å². The van der Waals surface area contributed by atoms with Crippen LogP contribution in [-0.4, -0.2) is 54.5 Å². The third kappa shape index (κ3) is 5.44. The Hall–Kier alpha value is -2.75. The standard InChI is InChI=1S/C25H25N6O5.Ac/c1-35-36-12-17-20-13-6-2-4-8-15(13)30-23(20)24-21(14-7-3-5-9-16(14)31-24)22(26)25(34)28-10-18(32)27-11-19(33)29-17;/h2-9,17,22,26,30-31H,10-12H2,1H3,(H,27,32)(H,28,34)(H,29,33);/q-1;. The summed E-state index contributed by atoms with van der Waals surface area (Å²) in [5.74, 6) is -1.61. The van der Waals surface area contributed by atoms with Crippen LogP contribution in [0, 0.1) is 44.1 Å². The quantitative estimate of drug-likeness (QED) is 0.162. The second-order valence-corrected chi connectivity index (χ2v) is 8.42. The minimum atomic E-state index is -1.32. The normalized spacial score (nSPS) is 18.7. The maximum absolute atomic E-state index is 13.0. The fourth-order valence-corrected chi connectivity index (χ4v) is 4.60. The average Bonchev–Trinajstić information content (AvgIpc) is 3.46. The Morgan fingerprint density at radius 1 is 0.838 bits per heavy atom. The Bertz CT molecular complexity index is 1460. The molecule has 0 fully saturated rings. The van der Waals surface area contributed by atoms with E-state index >= 15 is 0 Å². The molecule has 4 aromatic rings. The molecule has 5 rings (SSSR count). The molecule has 1 radical (unpaired) electrons. The third-order valence-electron chi connectivity index (χ3n) is 6.20. The van der Waals surface area contributed by atoms with Crippen LogP contribution in [0.4, 0.5) is 0 Å². The second kappa shape index (κ2) is 11.8. The second-order valence-electron chi connectivity index (χ2n) is 8.42. The summed E-state index contributed by atoms with van der Waals surface area (Å²) in [5.41, 5.74) is 12.7. The molecule has 0 bridgehead atoms. The zero-order chi connectivity index (χ0) is 25.2. The summed E-state index contributed by atoms with van der Waals surface area (Å²) in [7, 11) is 1.38. The van der Waals surface area contributed by atoms with Gasteiger partial charge in [-0.2, -0.15) is 0 Å². The Labute approximate surface area is 247 Å². The Kier molecular flexibility index (Phi) is 8.67. The first-order chi connectivity index (χ1) is 17.5.